The molecule has 0 aromatic carbocycles. The van der Waals surface area contributed by atoms with E-state index in [0.717, 1.165) is 18.5 Å². The molecule has 7 heteroatoms. The average molecular weight is 222 g/mol. The van der Waals surface area contributed by atoms with Gasteiger partial charge in [-0.1, -0.05) is 12.8 Å². The van der Waals surface area contributed by atoms with Crippen molar-refractivity contribution in [1.29, 1.82) is 0 Å². The van der Waals surface area contributed by atoms with E-state index in [9.17, 15) is 18.0 Å². The van der Waals surface area contributed by atoms with E-state index in [1.54, 1.807) is 0 Å². The number of carbonyl (C=O) groups is 1. The molecule has 1 aromatic heterocycles. The lowest BCUT2D eigenvalue weighted by Crippen LogP contribution is -2.19. The lowest BCUT2D eigenvalue weighted by atomic mass is 10.1. The Balaban J connectivity index is 3.23. The third-order valence-corrected chi connectivity index (χ3v) is 1.68. The molecule has 0 spiro atoms. The maximum absolute atomic E-state index is 12.3. The molecular weight excluding hydrogens is 217 g/mol. The number of rotatable bonds is 1. The number of hydrogen-bond acceptors (Lipinski definition) is 3. The SMILES string of the molecule is O=C(NS)c1cnccc1C(F)(F)F. The minimum Gasteiger partial charge on any atom is -0.299 e. The van der Waals surface area contributed by atoms with Crippen LogP contribution in [0, 0.1) is 0 Å². The zero-order valence-electron chi connectivity index (χ0n) is 6.67. The lowest BCUT2D eigenvalue weighted by molar-refractivity contribution is -0.138. The Morgan fingerprint density at radius 3 is 2.64 bits per heavy atom. The molecule has 1 rings (SSSR count). The number of alkyl halides is 3. The summed E-state index contributed by atoms with van der Waals surface area (Å²) in [5.41, 5.74) is -1.57. The number of nitrogens with zero attached hydrogens (tertiary/aromatic N) is 1. The summed E-state index contributed by atoms with van der Waals surface area (Å²) in [6.07, 6.45) is -2.76. The summed E-state index contributed by atoms with van der Waals surface area (Å²) in [5, 5.41) is 0. The number of hydrogen-bond donors (Lipinski definition) is 2. The van der Waals surface area contributed by atoms with E-state index in [0.29, 0.717) is 0 Å². The van der Waals surface area contributed by atoms with Gasteiger partial charge in [0.15, 0.2) is 0 Å². The first-order valence-corrected chi connectivity index (χ1v) is 3.87. The van der Waals surface area contributed by atoms with E-state index >= 15 is 0 Å². The monoisotopic (exact) mass is 222 g/mol. The van der Waals surface area contributed by atoms with Gasteiger partial charge in [0.2, 0.25) is 0 Å². The highest BCUT2D eigenvalue weighted by molar-refractivity contribution is 7.78. The minimum atomic E-state index is -4.57. The Labute approximate surface area is 82.9 Å². The molecule has 0 saturated heterocycles. The third kappa shape index (κ3) is 2.16. The zero-order chi connectivity index (χ0) is 10.8. The van der Waals surface area contributed by atoms with Gasteiger partial charge in [-0.2, -0.15) is 13.2 Å². The van der Waals surface area contributed by atoms with Crippen LogP contribution in [-0.2, 0) is 6.18 Å². The number of thiol groups is 1. The summed E-state index contributed by atoms with van der Waals surface area (Å²) in [7, 11) is 0. The largest absolute Gasteiger partial charge is 0.417 e. The van der Waals surface area contributed by atoms with E-state index in [1.807, 2.05) is 4.72 Å². The first kappa shape index (κ1) is 10.8. The molecule has 1 N–H and O–H groups in total. The van der Waals surface area contributed by atoms with Crippen molar-refractivity contribution in [2.75, 3.05) is 0 Å². The molecule has 0 aliphatic carbocycles. The van der Waals surface area contributed by atoms with Crippen LogP contribution in [0.25, 0.3) is 0 Å². The van der Waals surface area contributed by atoms with Gasteiger partial charge in [0, 0.05) is 12.4 Å². The van der Waals surface area contributed by atoms with Gasteiger partial charge in [-0.25, -0.2) is 0 Å². The van der Waals surface area contributed by atoms with Gasteiger partial charge in [-0.05, 0) is 6.07 Å². The highest BCUT2D eigenvalue weighted by atomic mass is 32.1. The number of amides is 1. The minimum absolute atomic E-state index is 0.546. The Hall–Kier alpha value is -1.24. The summed E-state index contributed by atoms with van der Waals surface area (Å²) < 4.78 is 38.7. The maximum Gasteiger partial charge on any atom is 0.417 e. The Morgan fingerprint density at radius 2 is 2.14 bits per heavy atom. The van der Waals surface area contributed by atoms with Crippen molar-refractivity contribution in [2.24, 2.45) is 0 Å². The topological polar surface area (TPSA) is 42.0 Å². The van der Waals surface area contributed by atoms with Crippen molar-refractivity contribution in [3.05, 3.63) is 29.6 Å². The summed E-state index contributed by atoms with van der Waals surface area (Å²) >= 11 is 3.38. The predicted octanol–water partition coefficient (Wildman–Crippen LogP) is 1.68. The zero-order valence-corrected chi connectivity index (χ0v) is 7.56. The van der Waals surface area contributed by atoms with Crippen LogP contribution in [0.2, 0.25) is 0 Å². The van der Waals surface area contributed by atoms with Crippen molar-refractivity contribution >= 4 is 18.7 Å². The highest BCUT2D eigenvalue weighted by Crippen LogP contribution is 2.31. The van der Waals surface area contributed by atoms with Gasteiger partial charge in [0.05, 0.1) is 11.1 Å². The van der Waals surface area contributed by atoms with Gasteiger partial charge < -0.3 is 0 Å². The van der Waals surface area contributed by atoms with Crippen LogP contribution in [0.3, 0.4) is 0 Å². The fraction of sp³-hybridized carbons (Fsp3) is 0.143. The number of nitrogens with one attached hydrogen (secondary N) is 1. The van der Waals surface area contributed by atoms with Crippen molar-refractivity contribution in [3.8, 4) is 0 Å². The Kier molecular flexibility index (Phi) is 3.00. The molecule has 0 saturated carbocycles. The van der Waals surface area contributed by atoms with E-state index in [2.05, 4.69) is 17.8 Å². The van der Waals surface area contributed by atoms with Crippen LogP contribution in [0.5, 0.6) is 0 Å². The van der Waals surface area contributed by atoms with Crippen LogP contribution >= 0.6 is 12.8 Å². The smallest absolute Gasteiger partial charge is 0.299 e. The Bertz CT molecular complexity index is 353. The Morgan fingerprint density at radius 1 is 1.50 bits per heavy atom. The van der Waals surface area contributed by atoms with Crippen molar-refractivity contribution in [1.82, 2.24) is 9.71 Å². The second-order valence-corrected chi connectivity index (χ2v) is 2.58. The first-order chi connectivity index (χ1) is 6.46. The van der Waals surface area contributed by atoms with Crippen LogP contribution in [0.1, 0.15) is 15.9 Å². The standard InChI is InChI=1S/C7H5F3N2OS/c8-7(9,10)5-1-2-11-3-4(5)6(13)12-14/h1-3,14H,(H,12,13). The summed E-state index contributed by atoms with van der Waals surface area (Å²) in [6, 6.07) is 0.734. The van der Waals surface area contributed by atoms with Crippen molar-refractivity contribution in [2.45, 2.75) is 6.18 Å². The van der Waals surface area contributed by atoms with Crippen LogP contribution in [-0.4, -0.2) is 10.9 Å². The van der Waals surface area contributed by atoms with Crippen molar-refractivity contribution < 1.29 is 18.0 Å². The first-order valence-electron chi connectivity index (χ1n) is 3.42. The van der Waals surface area contributed by atoms with E-state index < -0.39 is 23.2 Å². The number of halogens is 3. The van der Waals surface area contributed by atoms with E-state index in [4.69, 9.17) is 0 Å². The molecule has 0 fully saturated rings. The second-order valence-electron chi connectivity index (χ2n) is 2.36. The molecule has 1 aromatic rings. The molecule has 14 heavy (non-hydrogen) atoms. The fourth-order valence-electron chi connectivity index (χ4n) is 0.883. The highest BCUT2D eigenvalue weighted by Gasteiger charge is 2.34. The summed E-state index contributed by atoms with van der Waals surface area (Å²) in [6.45, 7) is 0. The lowest BCUT2D eigenvalue weighted by Gasteiger charge is -2.09. The number of pyridine rings is 1. The van der Waals surface area contributed by atoms with Gasteiger partial charge in [0.1, 0.15) is 0 Å². The molecule has 0 unspecified atom stereocenters. The molecule has 0 radical (unpaired) electrons. The number of carbonyl (C=O) groups excluding carboxylic acids is 1. The molecule has 1 heterocycles. The fourth-order valence-corrected chi connectivity index (χ4v) is 1.00. The molecule has 0 atom stereocenters. The third-order valence-electron chi connectivity index (χ3n) is 1.47. The van der Waals surface area contributed by atoms with Crippen molar-refractivity contribution in [3.63, 3.8) is 0 Å². The number of aromatic nitrogens is 1. The van der Waals surface area contributed by atoms with Gasteiger partial charge in [0.25, 0.3) is 5.91 Å². The van der Waals surface area contributed by atoms with E-state index in [-0.39, 0.29) is 0 Å². The van der Waals surface area contributed by atoms with E-state index in [1.165, 1.54) is 0 Å². The molecule has 1 amide bonds. The molecule has 0 aliphatic heterocycles. The molecule has 76 valence electrons. The van der Waals surface area contributed by atoms with Crippen LogP contribution < -0.4 is 4.72 Å². The quantitative estimate of drug-likeness (QED) is 0.710. The normalized spacial score (nSPS) is 11.1. The molecular formula is C7H5F3N2OS. The van der Waals surface area contributed by atoms with Crippen LogP contribution in [0.4, 0.5) is 13.2 Å². The van der Waals surface area contributed by atoms with Gasteiger partial charge >= 0.3 is 6.18 Å². The second kappa shape index (κ2) is 3.87. The predicted molar refractivity (Wildman–Crippen MR) is 45.7 cm³/mol. The van der Waals surface area contributed by atoms with Crippen LogP contribution in [0.15, 0.2) is 18.5 Å². The molecule has 3 nitrogen and oxygen atoms in total. The molecule has 0 aliphatic rings. The summed E-state index contributed by atoms with van der Waals surface area (Å²) in [4.78, 5) is 14.4. The average Bonchev–Trinajstić information content (AvgIpc) is 2.15. The van der Waals surface area contributed by atoms with Gasteiger partial charge in [-0.3, -0.25) is 14.5 Å². The van der Waals surface area contributed by atoms with Gasteiger partial charge in [-0.15, -0.1) is 0 Å². The maximum atomic E-state index is 12.3. The molecule has 0 bridgehead atoms. The summed E-state index contributed by atoms with van der Waals surface area (Å²) in [5.74, 6) is -0.936.